The summed E-state index contributed by atoms with van der Waals surface area (Å²) in [6.45, 7) is 0. The summed E-state index contributed by atoms with van der Waals surface area (Å²) in [7, 11) is 0. The molecule has 2 aromatic heterocycles. The van der Waals surface area contributed by atoms with Gasteiger partial charge in [-0.1, -0.05) is 176 Å². The van der Waals surface area contributed by atoms with Crippen molar-refractivity contribution < 1.29 is 4.42 Å². The summed E-state index contributed by atoms with van der Waals surface area (Å²) in [5.41, 5.74) is 11.3. The van der Waals surface area contributed by atoms with Gasteiger partial charge in [0.15, 0.2) is 0 Å². The number of rotatable bonds is 6. The second-order valence-electron chi connectivity index (χ2n) is 17.8. The number of aromatic nitrogens is 1. The first-order valence-corrected chi connectivity index (χ1v) is 23.3. The molecule has 68 heavy (non-hydrogen) atoms. The number of pyridine rings is 1. The zero-order valence-corrected chi connectivity index (χ0v) is 36.9. The molecular weight excluding hydrogens is 825 g/mol. The van der Waals surface area contributed by atoms with Crippen LogP contribution in [0.15, 0.2) is 247 Å². The molecule has 0 aliphatic carbocycles. The summed E-state index contributed by atoms with van der Waals surface area (Å²) >= 11 is 0. The summed E-state index contributed by atoms with van der Waals surface area (Å²) in [4.78, 5) is 7.31. The van der Waals surface area contributed by atoms with E-state index in [4.69, 9.17) is 9.40 Å². The summed E-state index contributed by atoms with van der Waals surface area (Å²) in [5, 5.41) is 17.4. The molecule has 14 aromatic rings. The smallest absolute Gasteiger partial charge is 0.227 e. The average molecular weight is 865 g/mol. The third kappa shape index (κ3) is 6.10. The van der Waals surface area contributed by atoms with Crippen LogP contribution in [-0.4, -0.2) is 4.98 Å². The van der Waals surface area contributed by atoms with Crippen molar-refractivity contribution in [3.05, 3.63) is 243 Å². The van der Waals surface area contributed by atoms with Gasteiger partial charge in [-0.25, -0.2) is 4.98 Å². The monoisotopic (exact) mass is 864 g/mol. The van der Waals surface area contributed by atoms with Crippen LogP contribution in [0.2, 0.25) is 0 Å². The highest BCUT2D eigenvalue weighted by atomic mass is 16.3. The van der Waals surface area contributed by atoms with Crippen molar-refractivity contribution in [1.29, 1.82) is 0 Å². The van der Waals surface area contributed by atoms with Crippen molar-refractivity contribution in [2.45, 2.75) is 0 Å². The molecule has 3 heteroatoms. The van der Waals surface area contributed by atoms with Gasteiger partial charge in [-0.2, -0.15) is 0 Å². The van der Waals surface area contributed by atoms with Crippen LogP contribution in [0.3, 0.4) is 0 Å². The Hall–Kier alpha value is -9.05. The fourth-order valence-electron chi connectivity index (χ4n) is 10.8. The SMILES string of the molecule is c1ccc2c(c1)oc1nc(-c3ccc(N(c4ccc(-c5ccc6c7ccccc7c7ccccc7c6c5)cc4)c4ccc(-c5ccc6c7ccccc7c7ccccc7c6c5)cc4)cc3)ccc12. The van der Waals surface area contributed by atoms with E-state index >= 15 is 0 Å². The van der Waals surface area contributed by atoms with E-state index in [-0.39, 0.29) is 0 Å². The van der Waals surface area contributed by atoms with Crippen LogP contribution in [0.5, 0.6) is 0 Å². The summed E-state index contributed by atoms with van der Waals surface area (Å²) < 4.78 is 6.17. The molecule has 0 spiro atoms. The van der Waals surface area contributed by atoms with E-state index in [1.54, 1.807) is 0 Å². The topological polar surface area (TPSA) is 29.3 Å². The summed E-state index contributed by atoms with van der Waals surface area (Å²) in [6.07, 6.45) is 0. The highest BCUT2D eigenvalue weighted by Crippen LogP contribution is 2.42. The molecule has 0 aliphatic heterocycles. The number of para-hydroxylation sites is 1. The van der Waals surface area contributed by atoms with Crippen molar-refractivity contribution >= 4 is 104 Å². The highest BCUT2D eigenvalue weighted by Gasteiger charge is 2.17. The van der Waals surface area contributed by atoms with Crippen molar-refractivity contribution in [1.82, 2.24) is 4.98 Å². The summed E-state index contributed by atoms with van der Waals surface area (Å²) in [6, 6.07) is 88.0. The largest absolute Gasteiger partial charge is 0.438 e. The standard InChI is InChI=1S/C65H40N2O/c1-3-15-53-49(11-1)51-13-5-7-17-55(51)61-39-44(27-35-57(53)61)41-21-29-46(30-22-41)67(48-33-25-43(26-34-48)63-38-37-60-59-19-9-10-20-64(59)68-65(60)66-63)47-31-23-42(24-32-47)45-28-36-58-54-16-4-2-12-50(54)52-14-6-8-18-56(52)62(58)40-45/h1-40H. The first-order valence-electron chi connectivity index (χ1n) is 23.3. The molecule has 14 rings (SSSR count). The van der Waals surface area contributed by atoms with Crippen molar-refractivity contribution in [2.24, 2.45) is 0 Å². The predicted octanol–water partition coefficient (Wildman–Crippen LogP) is 18.4. The Bertz CT molecular complexity index is 4030. The minimum absolute atomic E-state index is 0.649. The molecule has 0 atom stereocenters. The van der Waals surface area contributed by atoms with E-state index in [0.717, 1.165) is 44.7 Å². The van der Waals surface area contributed by atoms with Gasteiger partial charge in [0, 0.05) is 33.4 Å². The fraction of sp³-hybridized carbons (Fsp3) is 0. The molecule has 0 saturated carbocycles. The molecule has 316 valence electrons. The molecule has 0 saturated heterocycles. The van der Waals surface area contributed by atoms with E-state index in [2.05, 4.69) is 229 Å². The number of hydrogen-bond acceptors (Lipinski definition) is 3. The second-order valence-corrected chi connectivity index (χ2v) is 17.8. The van der Waals surface area contributed by atoms with Gasteiger partial charge in [0.1, 0.15) is 5.58 Å². The molecule has 0 amide bonds. The maximum Gasteiger partial charge on any atom is 0.227 e. The van der Waals surface area contributed by atoms with Gasteiger partial charge in [0.25, 0.3) is 0 Å². The van der Waals surface area contributed by atoms with E-state index < -0.39 is 0 Å². The lowest BCUT2D eigenvalue weighted by Gasteiger charge is -2.26. The minimum atomic E-state index is 0.649. The van der Waals surface area contributed by atoms with Gasteiger partial charge in [0.05, 0.1) is 5.69 Å². The third-order valence-electron chi connectivity index (χ3n) is 14.1. The van der Waals surface area contributed by atoms with Crippen LogP contribution in [0, 0.1) is 0 Å². The molecule has 0 N–H and O–H groups in total. The van der Waals surface area contributed by atoms with E-state index in [0.29, 0.717) is 5.71 Å². The lowest BCUT2D eigenvalue weighted by Crippen LogP contribution is -2.09. The Balaban J connectivity index is 0.856. The number of furan rings is 1. The Kier molecular flexibility index (Phi) is 8.59. The molecule has 2 heterocycles. The van der Waals surface area contributed by atoms with E-state index in [1.807, 2.05) is 18.2 Å². The van der Waals surface area contributed by atoms with Gasteiger partial charge >= 0.3 is 0 Å². The van der Waals surface area contributed by atoms with Crippen LogP contribution in [0.4, 0.5) is 17.1 Å². The molecular formula is C65H40N2O. The molecule has 0 radical (unpaired) electrons. The lowest BCUT2D eigenvalue weighted by molar-refractivity contribution is 0.654. The zero-order valence-electron chi connectivity index (χ0n) is 36.9. The molecule has 12 aromatic carbocycles. The number of fused-ring (bicyclic) bond motifs is 15. The molecule has 0 aliphatic rings. The Labute approximate surface area is 392 Å². The van der Waals surface area contributed by atoms with Crippen LogP contribution >= 0.6 is 0 Å². The number of anilines is 3. The van der Waals surface area contributed by atoms with E-state index in [1.165, 1.54) is 86.9 Å². The van der Waals surface area contributed by atoms with Gasteiger partial charge < -0.3 is 9.32 Å². The number of benzene rings is 12. The van der Waals surface area contributed by atoms with Crippen LogP contribution in [-0.2, 0) is 0 Å². The van der Waals surface area contributed by atoms with Crippen molar-refractivity contribution in [3.63, 3.8) is 0 Å². The zero-order chi connectivity index (χ0) is 44.7. The maximum atomic E-state index is 6.17. The Morgan fingerprint density at radius 3 is 1.00 bits per heavy atom. The lowest BCUT2D eigenvalue weighted by atomic mass is 9.92. The van der Waals surface area contributed by atoms with E-state index in [9.17, 15) is 0 Å². The summed E-state index contributed by atoms with van der Waals surface area (Å²) in [5.74, 6) is 0. The minimum Gasteiger partial charge on any atom is -0.438 e. The van der Waals surface area contributed by atoms with Gasteiger partial charge in [-0.3, -0.25) is 0 Å². The Morgan fingerprint density at radius 2 is 0.574 bits per heavy atom. The maximum absolute atomic E-state index is 6.17. The number of nitrogens with zero attached hydrogens (tertiary/aromatic N) is 2. The van der Waals surface area contributed by atoms with Crippen molar-refractivity contribution in [3.8, 4) is 33.5 Å². The first kappa shape index (κ1) is 38.2. The molecule has 0 fully saturated rings. The quantitative estimate of drug-likeness (QED) is 0.156. The highest BCUT2D eigenvalue weighted by molar-refractivity contribution is 6.27. The first-order chi connectivity index (χ1) is 33.7. The van der Waals surface area contributed by atoms with Crippen molar-refractivity contribution in [2.75, 3.05) is 4.90 Å². The van der Waals surface area contributed by atoms with Crippen LogP contribution in [0.1, 0.15) is 0 Å². The Morgan fingerprint density at radius 1 is 0.250 bits per heavy atom. The van der Waals surface area contributed by atoms with Gasteiger partial charge in [-0.05, 0) is 154 Å². The molecule has 3 nitrogen and oxygen atoms in total. The fourth-order valence-corrected chi connectivity index (χ4v) is 10.8. The second kappa shape index (κ2) is 15.3. The van der Waals surface area contributed by atoms with Crippen LogP contribution < -0.4 is 4.90 Å². The molecule has 0 bridgehead atoms. The normalized spacial score (nSPS) is 11.8. The van der Waals surface area contributed by atoms with Gasteiger partial charge in [0.2, 0.25) is 5.71 Å². The third-order valence-corrected chi connectivity index (χ3v) is 14.1. The number of hydrogen-bond donors (Lipinski definition) is 0. The average Bonchev–Trinajstić information content (AvgIpc) is 3.79. The predicted molar refractivity (Wildman–Crippen MR) is 288 cm³/mol. The van der Waals surface area contributed by atoms with Gasteiger partial charge in [-0.15, -0.1) is 0 Å². The molecule has 0 unspecified atom stereocenters. The van der Waals surface area contributed by atoms with Crippen LogP contribution in [0.25, 0.3) is 120 Å².